The predicted octanol–water partition coefficient (Wildman–Crippen LogP) is -1.84. The number of aromatic hydroxyl groups is 2. The van der Waals surface area contributed by atoms with Crippen LogP contribution in [-0.4, -0.2) is 23.2 Å². The Balaban J connectivity index is 0.00000144. The molecule has 2 aromatic rings. The molecule has 2 aromatic carbocycles. The maximum atomic E-state index is 10.8. The van der Waals surface area contributed by atoms with Gasteiger partial charge in [-0.05, 0) is 30.3 Å². The molecule has 0 bridgehead atoms. The van der Waals surface area contributed by atoms with Gasteiger partial charge >= 0.3 is 51.4 Å². The molecule has 0 aliphatic heterocycles. The first-order valence-corrected chi connectivity index (χ1v) is 5.71. The van der Waals surface area contributed by atoms with Crippen molar-refractivity contribution < 1.29 is 74.6 Å². The Bertz CT molecular complexity index is 666. The Labute approximate surface area is 140 Å². The van der Waals surface area contributed by atoms with E-state index in [4.69, 9.17) is 0 Å². The van der Waals surface area contributed by atoms with Crippen LogP contribution in [0.3, 0.4) is 0 Å². The van der Waals surface area contributed by atoms with Crippen LogP contribution in [0.25, 0.3) is 10.8 Å². The van der Waals surface area contributed by atoms with Gasteiger partial charge in [-0.1, -0.05) is 0 Å². The molecular weight excluding hydrogens is 271 g/mol. The molecule has 0 heterocycles. The number of benzene rings is 2. The summed E-state index contributed by atoms with van der Waals surface area (Å²) in [5.74, 6) is -0.291. The van der Waals surface area contributed by atoms with E-state index in [9.17, 15) is 23.2 Å². The van der Waals surface area contributed by atoms with Crippen LogP contribution in [0, 0.1) is 0 Å². The molecule has 5 nitrogen and oxygen atoms in total. The zero-order valence-electron chi connectivity index (χ0n) is 8.91. The van der Waals surface area contributed by atoms with Crippen LogP contribution in [-0.2, 0) is 10.1 Å². The van der Waals surface area contributed by atoms with E-state index in [2.05, 4.69) is 0 Å². The molecule has 0 amide bonds. The van der Waals surface area contributed by atoms with E-state index in [0.29, 0.717) is 0 Å². The largest absolute Gasteiger partial charge is 1.00 e. The average Bonchev–Trinajstić information content (AvgIpc) is 2.22. The fraction of sp³-hybridized carbons (Fsp3) is 0. The first kappa shape index (κ1) is 14.9. The van der Waals surface area contributed by atoms with Gasteiger partial charge in [-0.25, -0.2) is 8.42 Å². The average molecular weight is 278 g/mol. The number of rotatable bonds is 1. The van der Waals surface area contributed by atoms with Crippen molar-refractivity contribution in [2.24, 2.45) is 0 Å². The zero-order chi connectivity index (χ0) is 11.9. The normalized spacial score (nSPS) is 11.1. The molecule has 7 heteroatoms. The van der Waals surface area contributed by atoms with Crippen molar-refractivity contribution in [3.05, 3.63) is 30.3 Å². The summed E-state index contributed by atoms with van der Waals surface area (Å²) in [6, 6.07) is 5.90. The minimum Gasteiger partial charge on any atom is -0.744 e. The molecule has 2 N–H and O–H groups in total. The van der Waals surface area contributed by atoms with Crippen LogP contribution < -0.4 is 51.4 Å². The van der Waals surface area contributed by atoms with Crippen molar-refractivity contribution in [2.75, 3.05) is 0 Å². The van der Waals surface area contributed by atoms with Gasteiger partial charge in [0.05, 0.1) is 4.90 Å². The van der Waals surface area contributed by atoms with Gasteiger partial charge in [-0.15, -0.1) is 0 Å². The van der Waals surface area contributed by atoms with Crippen LogP contribution in [0.15, 0.2) is 35.2 Å². The van der Waals surface area contributed by atoms with Crippen LogP contribution in [0.5, 0.6) is 11.5 Å². The van der Waals surface area contributed by atoms with Gasteiger partial charge in [0.25, 0.3) is 0 Å². The molecule has 84 valence electrons. The summed E-state index contributed by atoms with van der Waals surface area (Å²) in [5.41, 5.74) is 0. The van der Waals surface area contributed by atoms with Crippen molar-refractivity contribution in [2.45, 2.75) is 4.90 Å². The van der Waals surface area contributed by atoms with Gasteiger partial charge in [0.2, 0.25) is 0 Å². The fourth-order valence-corrected chi connectivity index (χ4v) is 1.95. The molecule has 0 aromatic heterocycles. The maximum absolute atomic E-state index is 10.8. The van der Waals surface area contributed by atoms with E-state index in [1.54, 1.807) is 0 Å². The molecule has 0 unspecified atom stereocenters. The van der Waals surface area contributed by atoms with Gasteiger partial charge in [-0.2, -0.15) is 0 Å². The van der Waals surface area contributed by atoms with Crippen LogP contribution in [0.4, 0.5) is 0 Å². The number of hydrogen-bond acceptors (Lipinski definition) is 5. The molecule has 0 atom stereocenters. The molecule has 0 saturated heterocycles. The second-order valence-corrected chi connectivity index (χ2v) is 4.64. The maximum Gasteiger partial charge on any atom is 1.00 e. The molecule has 17 heavy (non-hydrogen) atoms. The van der Waals surface area contributed by atoms with Crippen molar-refractivity contribution in [1.29, 1.82) is 0 Å². The van der Waals surface area contributed by atoms with Gasteiger partial charge in [0.1, 0.15) is 21.6 Å². The van der Waals surface area contributed by atoms with E-state index >= 15 is 0 Å². The molecule has 0 radical (unpaired) electrons. The van der Waals surface area contributed by atoms with E-state index in [1.165, 1.54) is 18.2 Å². The monoisotopic (exact) mass is 278 g/mol. The second kappa shape index (κ2) is 5.23. The molecule has 0 fully saturated rings. The SMILES string of the molecule is O=S(=O)([O-])c1ccc2c(O)ccc(O)c2c1.[K+]. The molecule has 0 aliphatic rings. The molecular formula is C10H7KO5S. The van der Waals surface area contributed by atoms with Crippen molar-refractivity contribution in [3.8, 4) is 11.5 Å². The Morgan fingerprint density at radius 2 is 1.47 bits per heavy atom. The third-order valence-corrected chi connectivity index (χ3v) is 3.06. The van der Waals surface area contributed by atoms with E-state index in [0.717, 1.165) is 12.1 Å². The first-order chi connectivity index (χ1) is 7.39. The number of fused-ring (bicyclic) bond motifs is 1. The molecule has 2 rings (SSSR count). The Hall–Kier alpha value is -0.154. The van der Waals surface area contributed by atoms with Gasteiger partial charge in [0, 0.05) is 10.8 Å². The van der Waals surface area contributed by atoms with E-state index in [-0.39, 0.29) is 73.7 Å². The van der Waals surface area contributed by atoms with Crippen LogP contribution in [0.1, 0.15) is 0 Å². The standard InChI is InChI=1S/C10H8O5S.K/c11-9-3-4-10(12)8-5-6(16(13,14)15)1-2-7(8)9;/h1-5,11-12H,(H,13,14,15);/q;+1/p-1. The Kier molecular flexibility index (Phi) is 4.58. The number of phenolic OH excluding ortho intramolecular Hbond substituents is 2. The van der Waals surface area contributed by atoms with Crippen LogP contribution in [0.2, 0.25) is 0 Å². The third kappa shape index (κ3) is 3.00. The summed E-state index contributed by atoms with van der Waals surface area (Å²) in [6.45, 7) is 0. The predicted molar refractivity (Wildman–Crippen MR) is 55.2 cm³/mol. The summed E-state index contributed by atoms with van der Waals surface area (Å²) < 4.78 is 32.3. The summed E-state index contributed by atoms with van der Waals surface area (Å²) in [6.07, 6.45) is 0. The second-order valence-electron chi connectivity index (χ2n) is 3.27. The fourth-order valence-electron chi connectivity index (χ4n) is 1.45. The third-order valence-electron chi connectivity index (χ3n) is 2.23. The van der Waals surface area contributed by atoms with Crippen molar-refractivity contribution in [1.82, 2.24) is 0 Å². The van der Waals surface area contributed by atoms with Gasteiger partial charge in [0.15, 0.2) is 0 Å². The summed E-state index contributed by atoms with van der Waals surface area (Å²) in [7, 11) is -4.57. The van der Waals surface area contributed by atoms with E-state index < -0.39 is 15.0 Å². The summed E-state index contributed by atoms with van der Waals surface area (Å²) in [5, 5.41) is 19.3. The number of phenols is 2. The van der Waals surface area contributed by atoms with Crippen LogP contribution >= 0.6 is 0 Å². The Morgan fingerprint density at radius 1 is 0.941 bits per heavy atom. The first-order valence-electron chi connectivity index (χ1n) is 4.30. The molecule has 0 saturated carbocycles. The van der Waals surface area contributed by atoms with Crippen molar-refractivity contribution in [3.63, 3.8) is 0 Å². The molecule has 0 aliphatic carbocycles. The zero-order valence-corrected chi connectivity index (χ0v) is 12.9. The van der Waals surface area contributed by atoms with Crippen molar-refractivity contribution >= 4 is 20.9 Å². The minimum atomic E-state index is -4.57. The number of hydrogen-bond donors (Lipinski definition) is 2. The minimum absolute atomic E-state index is 0. The molecule has 0 spiro atoms. The topological polar surface area (TPSA) is 97.7 Å². The summed E-state index contributed by atoms with van der Waals surface area (Å²) >= 11 is 0. The van der Waals surface area contributed by atoms with E-state index in [1.807, 2.05) is 0 Å². The van der Waals surface area contributed by atoms with Gasteiger partial charge in [-0.3, -0.25) is 0 Å². The quantitative estimate of drug-likeness (QED) is 0.363. The smallest absolute Gasteiger partial charge is 0.744 e. The summed E-state index contributed by atoms with van der Waals surface area (Å²) in [4.78, 5) is -0.444. The van der Waals surface area contributed by atoms with Gasteiger partial charge < -0.3 is 14.8 Å². The Morgan fingerprint density at radius 3 is 2.00 bits per heavy atom.